The summed E-state index contributed by atoms with van der Waals surface area (Å²) in [5, 5.41) is 16.4. The fourth-order valence-corrected chi connectivity index (χ4v) is 2.93. The van der Waals surface area contributed by atoms with Gasteiger partial charge in [0.25, 0.3) is 5.91 Å². The highest BCUT2D eigenvalue weighted by atomic mass is 16.5. The van der Waals surface area contributed by atoms with Gasteiger partial charge in [-0.1, -0.05) is 0 Å². The number of hydrogen-bond donors (Lipinski definition) is 4. The largest absolute Gasteiger partial charge is 0.462 e. The van der Waals surface area contributed by atoms with E-state index in [2.05, 4.69) is 26.1 Å². The molecule has 0 fully saturated rings. The lowest BCUT2D eigenvalue weighted by molar-refractivity contribution is 0.0526. The molecule has 1 aliphatic heterocycles. The minimum absolute atomic E-state index is 0.294. The first-order chi connectivity index (χ1) is 12.6. The van der Waals surface area contributed by atoms with Gasteiger partial charge in [0.1, 0.15) is 0 Å². The van der Waals surface area contributed by atoms with Crippen LogP contribution in [0.1, 0.15) is 46.0 Å². The van der Waals surface area contributed by atoms with Crippen molar-refractivity contribution in [3.05, 3.63) is 40.7 Å². The summed E-state index contributed by atoms with van der Waals surface area (Å²) in [7, 11) is 0. The summed E-state index contributed by atoms with van der Waals surface area (Å²) in [5.74, 6) is -0.737. The second-order valence-electron chi connectivity index (χ2n) is 5.92. The minimum atomic E-state index is -0.424. The van der Waals surface area contributed by atoms with E-state index in [1.807, 2.05) is 6.92 Å². The van der Waals surface area contributed by atoms with Crippen LogP contribution in [0.3, 0.4) is 0 Å². The Morgan fingerprint density at radius 1 is 1.27 bits per heavy atom. The molecule has 0 saturated heterocycles. The number of amides is 1. The highest BCUT2D eigenvalue weighted by Gasteiger charge is 2.22. The normalized spacial score (nSPS) is 13.0. The number of ether oxygens (including phenoxy) is 1. The van der Waals surface area contributed by atoms with Gasteiger partial charge in [0, 0.05) is 37.3 Å². The van der Waals surface area contributed by atoms with Crippen LogP contribution in [-0.4, -0.2) is 41.8 Å². The second-order valence-corrected chi connectivity index (χ2v) is 5.92. The van der Waals surface area contributed by atoms with Crippen LogP contribution in [-0.2, 0) is 17.7 Å². The molecular weight excluding hydrogens is 334 g/mol. The lowest BCUT2D eigenvalue weighted by atomic mass is 10.1. The van der Waals surface area contributed by atoms with Crippen molar-refractivity contribution in [1.29, 1.82) is 0 Å². The van der Waals surface area contributed by atoms with Crippen LogP contribution in [0.15, 0.2) is 18.2 Å². The highest BCUT2D eigenvalue weighted by Crippen LogP contribution is 2.25. The molecule has 26 heavy (non-hydrogen) atoms. The van der Waals surface area contributed by atoms with Crippen molar-refractivity contribution in [2.75, 3.05) is 30.3 Å². The zero-order valence-electron chi connectivity index (χ0n) is 14.9. The molecule has 138 valence electrons. The van der Waals surface area contributed by atoms with Crippen LogP contribution < -0.4 is 16.0 Å². The zero-order chi connectivity index (χ0) is 18.5. The number of H-pyrrole nitrogens is 1. The Morgan fingerprint density at radius 3 is 2.88 bits per heavy atom. The molecule has 2 heterocycles. The lowest BCUT2D eigenvalue weighted by Gasteiger charge is -2.15. The van der Waals surface area contributed by atoms with E-state index in [1.165, 1.54) is 0 Å². The standard InChI is InChI=1S/C18H23N5O3/c1-3-20-14-6-5-11(18(25)26-4-2)9-15(14)21-17(24)16-12-10-19-8-7-13(12)22-23-16/h5-6,9,19-20H,3-4,7-8,10H2,1-2H3,(H,21,24)(H,22,23). The molecule has 0 bridgehead atoms. The van der Waals surface area contributed by atoms with Crippen LogP contribution in [0, 0.1) is 0 Å². The molecule has 8 nitrogen and oxygen atoms in total. The Bertz CT molecular complexity index is 815. The summed E-state index contributed by atoms with van der Waals surface area (Å²) >= 11 is 0. The Balaban J connectivity index is 1.87. The first-order valence-corrected chi connectivity index (χ1v) is 8.77. The van der Waals surface area contributed by atoms with Gasteiger partial charge >= 0.3 is 5.97 Å². The molecule has 0 unspecified atom stereocenters. The third-order valence-corrected chi connectivity index (χ3v) is 4.17. The average molecular weight is 357 g/mol. The molecule has 4 N–H and O–H groups in total. The number of nitrogens with zero attached hydrogens (tertiary/aromatic N) is 1. The van der Waals surface area contributed by atoms with Crippen molar-refractivity contribution in [2.24, 2.45) is 0 Å². The Morgan fingerprint density at radius 2 is 2.12 bits per heavy atom. The monoisotopic (exact) mass is 357 g/mol. The van der Waals surface area contributed by atoms with Crippen LogP contribution in [0.4, 0.5) is 11.4 Å². The third-order valence-electron chi connectivity index (χ3n) is 4.17. The molecular formula is C18H23N5O3. The lowest BCUT2D eigenvalue weighted by Crippen LogP contribution is -2.25. The number of carbonyl (C=O) groups is 2. The number of nitrogens with one attached hydrogen (secondary N) is 4. The number of anilines is 2. The molecule has 0 saturated carbocycles. The topological polar surface area (TPSA) is 108 Å². The predicted octanol–water partition coefficient (Wildman–Crippen LogP) is 1.92. The predicted molar refractivity (Wildman–Crippen MR) is 98.5 cm³/mol. The Hall–Kier alpha value is -2.87. The van der Waals surface area contributed by atoms with E-state index < -0.39 is 5.97 Å². The number of carbonyl (C=O) groups excluding carboxylic acids is 2. The number of aromatic nitrogens is 2. The molecule has 1 aromatic heterocycles. The molecule has 1 amide bonds. The van der Waals surface area contributed by atoms with E-state index in [0.717, 1.165) is 29.9 Å². The highest BCUT2D eigenvalue weighted by molar-refractivity contribution is 6.06. The van der Waals surface area contributed by atoms with Crippen molar-refractivity contribution in [2.45, 2.75) is 26.8 Å². The van der Waals surface area contributed by atoms with Gasteiger partial charge in [-0.2, -0.15) is 5.10 Å². The molecule has 3 rings (SSSR count). The number of aromatic amines is 1. The molecule has 0 aliphatic carbocycles. The van der Waals surface area contributed by atoms with E-state index in [0.29, 0.717) is 36.6 Å². The third kappa shape index (κ3) is 3.70. The van der Waals surface area contributed by atoms with E-state index in [-0.39, 0.29) is 5.91 Å². The maximum atomic E-state index is 12.7. The quantitative estimate of drug-likeness (QED) is 0.588. The molecule has 2 aromatic rings. The van der Waals surface area contributed by atoms with Crippen LogP contribution in [0.25, 0.3) is 0 Å². The maximum absolute atomic E-state index is 12.7. The Labute approximate surface area is 151 Å². The summed E-state index contributed by atoms with van der Waals surface area (Å²) < 4.78 is 5.04. The average Bonchev–Trinajstić information content (AvgIpc) is 3.07. The minimum Gasteiger partial charge on any atom is -0.462 e. The van der Waals surface area contributed by atoms with E-state index in [1.54, 1.807) is 25.1 Å². The molecule has 0 radical (unpaired) electrons. The van der Waals surface area contributed by atoms with Crippen molar-refractivity contribution < 1.29 is 14.3 Å². The summed E-state index contributed by atoms with van der Waals surface area (Å²) in [6.45, 7) is 6.16. The van der Waals surface area contributed by atoms with Crippen LogP contribution >= 0.6 is 0 Å². The van der Waals surface area contributed by atoms with Gasteiger partial charge in [0.15, 0.2) is 5.69 Å². The number of hydrogen-bond acceptors (Lipinski definition) is 6. The van der Waals surface area contributed by atoms with Crippen molar-refractivity contribution in [3.63, 3.8) is 0 Å². The smallest absolute Gasteiger partial charge is 0.338 e. The maximum Gasteiger partial charge on any atom is 0.338 e. The van der Waals surface area contributed by atoms with Gasteiger partial charge in [-0.05, 0) is 32.0 Å². The van der Waals surface area contributed by atoms with Crippen LogP contribution in [0.2, 0.25) is 0 Å². The fourth-order valence-electron chi connectivity index (χ4n) is 2.93. The van der Waals surface area contributed by atoms with Crippen molar-refractivity contribution in [1.82, 2.24) is 15.5 Å². The summed E-state index contributed by atoms with van der Waals surface area (Å²) in [6, 6.07) is 5.05. The first kappa shape index (κ1) is 17.9. The molecule has 1 aliphatic rings. The zero-order valence-corrected chi connectivity index (χ0v) is 14.9. The molecule has 8 heteroatoms. The summed E-state index contributed by atoms with van der Waals surface area (Å²) in [4.78, 5) is 24.7. The van der Waals surface area contributed by atoms with Crippen molar-refractivity contribution in [3.8, 4) is 0 Å². The van der Waals surface area contributed by atoms with Gasteiger partial charge in [0.2, 0.25) is 0 Å². The van der Waals surface area contributed by atoms with Gasteiger partial charge in [0.05, 0.1) is 23.5 Å². The molecule has 0 spiro atoms. The van der Waals surface area contributed by atoms with Gasteiger partial charge in [-0.15, -0.1) is 0 Å². The van der Waals surface area contributed by atoms with Gasteiger partial charge in [-0.25, -0.2) is 4.79 Å². The number of esters is 1. The molecule has 0 atom stereocenters. The van der Waals surface area contributed by atoms with Gasteiger partial charge < -0.3 is 20.7 Å². The summed E-state index contributed by atoms with van der Waals surface area (Å²) in [6.07, 6.45) is 0.816. The first-order valence-electron chi connectivity index (χ1n) is 8.77. The SMILES string of the molecule is CCNc1ccc(C(=O)OCC)cc1NC(=O)c1n[nH]c2c1CNCC2. The number of fused-ring (bicyclic) bond motifs is 1. The van der Waals surface area contributed by atoms with E-state index >= 15 is 0 Å². The second kappa shape index (κ2) is 8.01. The number of benzene rings is 1. The van der Waals surface area contributed by atoms with E-state index in [9.17, 15) is 9.59 Å². The fraction of sp³-hybridized carbons (Fsp3) is 0.389. The number of rotatable bonds is 6. The summed E-state index contributed by atoms with van der Waals surface area (Å²) in [5.41, 5.74) is 3.88. The van der Waals surface area contributed by atoms with E-state index in [4.69, 9.17) is 4.74 Å². The molecule has 1 aromatic carbocycles. The van der Waals surface area contributed by atoms with Crippen LogP contribution in [0.5, 0.6) is 0 Å². The van der Waals surface area contributed by atoms with Crippen molar-refractivity contribution >= 4 is 23.3 Å². The van der Waals surface area contributed by atoms with Gasteiger partial charge in [-0.3, -0.25) is 9.89 Å². The Kier molecular flexibility index (Phi) is 5.52.